The van der Waals surface area contributed by atoms with Crippen molar-refractivity contribution in [3.8, 4) is 0 Å². The van der Waals surface area contributed by atoms with Gasteiger partial charge in [0.1, 0.15) is 6.54 Å². The van der Waals surface area contributed by atoms with E-state index in [-0.39, 0.29) is 18.1 Å². The van der Waals surface area contributed by atoms with E-state index >= 15 is 0 Å². The number of urea groups is 1. The van der Waals surface area contributed by atoms with Crippen molar-refractivity contribution in [2.24, 2.45) is 0 Å². The summed E-state index contributed by atoms with van der Waals surface area (Å²) in [6, 6.07) is -0.354. The van der Waals surface area contributed by atoms with E-state index in [1.54, 1.807) is 0 Å². The molecule has 7 heteroatoms. The molecule has 0 unspecified atom stereocenters. The summed E-state index contributed by atoms with van der Waals surface area (Å²) in [5, 5.41) is 17.6. The van der Waals surface area contributed by atoms with Crippen LogP contribution in [-0.4, -0.2) is 32.4 Å². The van der Waals surface area contributed by atoms with Gasteiger partial charge in [-0.25, -0.2) is 4.79 Å². The Labute approximate surface area is 98.8 Å². The molecule has 0 atom stereocenters. The first-order valence-corrected chi connectivity index (χ1v) is 5.10. The molecular formula is C10H16N4O3. The van der Waals surface area contributed by atoms with Crippen LogP contribution in [0.1, 0.15) is 20.8 Å². The summed E-state index contributed by atoms with van der Waals surface area (Å²) >= 11 is 0. The van der Waals surface area contributed by atoms with Crippen LogP contribution in [0, 0.1) is 0 Å². The number of rotatable bonds is 3. The average Bonchev–Trinajstić information content (AvgIpc) is 2.46. The molecular weight excluding hydrogens is 224 g/mol. The lowest BCUT2D eigenvalue weighted by Gasteiger charge is -2.20. The molecule has 94 valence electrons. The SMILES string of the molecule is CC(C)(C)NC(=O)Nc1cnn(CC(=O)O)c1. The molecule has 1 aromatic heterocycles. The van der Waals surface area contributed by atoms with Gasteiger partial charge in [-0.05, 0) is 20.8 Å². The molecule has 0 saturated heterocycles. The van der Waals surface area contributed by atoms with Crippen LogP contribution >= 0.6 is 0 Å². The number of carbonyl (C=O) groups excluding carboxylic acids is 1. The number of nitrogens with one attached hydrogen (secondary N) is 2. The number of hydrogen-bond acceptors (Lipinski definition) is 3. The lowest BCUT2D eigenvalue weighted by Crippen LogP contribution is -2.43. The maximum Gasteiger partial charge on any atom is 0.325 e. The van der Waals surface area contributed by atoms with E-state index in [0.717, 1.165) is 0 Å². The molecule has 7 nitrogen and oxygen atoms in total. The van der Waals surface area contributed by atoms with Gasteiger partial charge in [0, 0.05) is 11.7 Å². The van der Waals surface area contributed by atoms with Crippen LogP contribution in [0.5, 0.6) is 0 Å². The summed E-state index contributed by atoms with van der Waals surface area (Å²) in [6.07, 6.45) is 2.85. The zero-order valence-corrected chi connectivity index (χ0v) is 10.0. The molecule has 1 aromatic rings. The molecule has 1 heterocycles. The maximum atomic E-state index is 11.5. The number of carboxylic acid groups (broad SMARTS) is 1. The Morgan fingerprint density at radius 2 is 2.12 bits per heavy atom. The fourth-order valence-corrected chi connectivity index (χ4v) is 1.16. The second-order valence-corrected chi connectivity index (χ2v) is 4.65. The van der Waals surface area contributed by atoms with Gasteiger partial charge in [-0.3, -0.25) is 9.48 Å². The summed E-state index contributed by atoms with van der Waals surface area (Å²) in [7, 11) is 0. The smallest absolute Gasteiger partial charge is 0.325 e. The molecule has 0 aliphatic carbocycles. The zero-order valence-electron chi connectivity index (χ0n) is 10.0. The first-order chi connectivity index (χ1) is 7.76. The molecule has 1 rings (SSSR count). The number of nitrogens with zero attached hydrogens (tertiary/aromatic N) is 2. The molecule has 0 aliphatic rings. The van der Waals surface area contributed by atoms with E-state index in [9.17, 15) is 9.59 Å². The Hall–Kier alpha value is -2.05. The Kier molecular flexibility index (Phi) is 3.72. The molecule has 17 heavy (non-hydrogen) atoms. The minimum atomic E-state index is -0.987. The van der Waals surface area contributed by atoms with Crippen LogP contribution < -0.4 is 10.6 Å². The third-order valence-corrected chi connectivity index (χ3v) is 1.68. The molecule has 2 amide bonds. The van der Waals surface area contributed by atoms with Gasteiger partial charge in [0.2, 0.25) is 0 Å². The fourth-order valence-electron chi connectivity index (χ4n) is 1.16. The van der Waals surface area contributed by atoms with Gasteiger partial charge in [-0.2, -0.15) is 5.10 Å². The van der Waals surface area contributed by atoms with Gasteiger partial charge < -0.3 is 15.7 Å². The number of carbonyl (C=O) groups is 2. The van der Waals surface area contributed by atoms with Gasteiger partial charge in [-0.1, -0.05) is 0 Å². The Morgan fingerprint density at radius 1 is 1.47 bits per heavy atom. The summed E-state index contributed by atoms with van der Waals surface area (Å²) in [5.41, 5.74) is 0.120. The minimum Gasteiger partial charge on any atom is -0.480 e. The Morgan fingerprint density at radius 3 is 2.65 bits per heavy atom. The van der Waals surface area contributed by atoms with Gasteiger partial charge in [-0.15, -0.1) is 0 Å². The molecule has 0 bridgehead atoms. The van der Waals surface area contributed by atoms with Crippen molar-refractivity contribution < 1.29 is 14.7 Å². The summed E-state index contributed by atoms with van der Waals surface area (Å²) in [6.45, 7) is 5.35. The van der Waals surface area contributed by atoms with Crippen molar-refractivity contribution in [1.82, 2.24) is 15.1 Å². The molecule has 0 saturated carbocycles. The van der Waals surface area contributed by atoms with Crippen LogP contribution in [0.3, 0.4) is 0 Å². The van der Waals surface area contributed by atoms with Gasteiger partial charge >= 0.3 is 12.0 Å². The zero-order chi connectivity index (χ0) is 13.1. The van der Waals surface area contributed by atoms with E-state index in [0.29, 0.717) is 5.69 Å². The van der Waals surface area contributed by atoms with E-state index in [1.807, 2.05) is 20.8 Å². The molecule has 0 radical (unpaired) electrons. The highest BCUT2D eigenvalue weighted by Gasteiger charge is 2.14. The minimum absolute atomic E-state index is 0.234. The number of amides is 2. The van der Waals surface area contributed by atoms with Gasteiger partial charge in [0.15, 0.2) is 0 Å². The summed E-state index contributed by atoms with van der Waals surface area (Å²) in [4.78, 5) is 21.9. The number of carboxylic acids is 1. The van der Waals surface area contributed by atoms with Crippen LogP contribution in [0.4, 0.5) is 10.5 Å². The highest BCUT2D eigenvalue weighted by Crippen LogP contribution is 2.06. The highest BCUT2D eigenvalue weighted by molar-refractivity contribution is 5.89. The average molecular weight is 240 g/mol. The predicted octanol–water partition coefficient (Wildman–Crippen LogP) is 0.888. The lowest BCUT2D eigenvalue weighted by atomic mass is 10.1. The monoisotopic (exact) mass is 240 g/mol. The molecule has 0 aromatic carbocycles. The van der Waals surface area contributed by atoms with E-state index in [1.165, 1.54) is 17.1 Å². The normalized spacial score (nSPS) is 11.0. The van der Waals surface area contributed by atoms with Crippen molar-refractivity contribution in [3.63, 3.8) is 0 Å². The van der Waals surface area contributed by atoms with Crippen molar-refractivity contribution >= 4 is 17.7 Å². The fraction of sp³-hybridized carbons (Fsp3) is 0.500. The van der Waals surface area contributed by atoms with Crippen LogP contribution in [0.2, 0.25) is 0 Å². The third-order valence-electron chi connectivity index (χ3n) is 1.68. The summed E-state index contributed by atoms with van der Waals surface area (Å²) in [5.74, 6) is -0.987. The van der Waals surface area contributed by atoms with E-state index in [2.05, 4.69) is 15.7 Å². The van der Waals surface area contributed by atoms with Crippen LogP contribution in [0.25, 0.3) is 0 Å². The number of hydrogen-bond donors (Lipinski definition) is 3. The number of aromatic nitrogens is 2. The van der Waals surface area contributed by atoms with Gasteiger partial charge in [0.25, 0.3) is 0 Å². The predicted molar refractivity (Wildman–Crippen MR) is 61.8 cm³/mol. The maximum absolute atomic E-state index is 11.5. The second kappa shape index (κ2) is 4.86. The quantitative estimate of drug-likeness (QED) is 0.731. The number of anilines is 1. The third kappa shape index (κ3) is 5.01. The second-order valence-electron chi connectivity index (χ2n) is 4.65. The molecule has 0 aliphatic heterocycles. The number of aliphatic carboxylic acids is 1. The molecule has 0 fully saturated rings. The standard InChI is InChI=1S/C10H16N4O3/c1-10(2,3)13-9(17)12-7-4-11-14(5-7)6-8(15)16/h4-5H,6H2,1-3H3,(H,15,16)(H2,12,13,17). The first kappa shape index (κ1) is 13.0. The largest absolute Gasteiger partial charge is 0.480 e. The first-order valence-electron chi connectivity index (χ1n) is 5.10. The lowest BCUT2D eigenvalue weighted by molar-refractivity contribution is -0.137. The molecule has 0 spiro atoms. The Balaban J connectivity index is 2.55. The van der Waals surface area contributed by atoms with Crippen molar-refractivity contribution in [1.29, 1.82) is 0 Å². The van der Waals surface area contributed by atoms with Crippen LogP contribution in [0.15, 0.2) is 12.4 Å². The Bertz CT molecular complexity index is 419. The topological polar surface area (TPSA) is 96.3 Å². The van der Waals surface area contributed by atoms with Crippen LogP contribution in [-0.2, 0) is 11.3 Å². The highest BCUT2D eigenvalue weighted by atomic mass is 16.4. The van der Waals surface area contributed by atoms with E-state index in [4.69, 9.17) is 5.11 Å². The van der Waals surface area contributed by atoms with Gasteiger partial charge in [0.05, 0.1) is 11.9 Å². The van der Waals surface area contributed by atoms with Crippen molar-refractivity contribution in [3.05, 3.63) is 12.4 Å². The van der Waals surface area contributed by atoms with Crippen molar-refractivity contribution in [2.75, 3.05) is 5.32 Å². The van der Waals surface area contributed by atoms with E-state index < -0.39 is 5.97 Å². The molecule has 3 N–H and O–H groups in total. The van der Waals surface area contributed by atoms with Crippen molar-refractivity contribution in [2.45, 2.75) is 32.9 Å². The summed E-state index contributed by atoms with van der Waals surface area (Å²) < 4.78 is 1.23.